The zero-order valence-corrected chi connectivity index (χ0v) is 13.8. The van der Waals surface area contributed by atoms with Crippen LogP contribution in [0.3, 0.4) is 0 Å². The van der Waals surface area contributed by atoms with Gasteiger partial charge in [-0.2, -0.15) is 4.98 Å². The molecule has 118 valence electrons. The van der Waals surface area contributed by atoms with Crippen molar-refractivity contribution in [3.63, 3.8) is 0 Å². The molecule has 0 bridgehead atoms. The minimum atomic E-state index is -0.0565. The summed E-state index contributed by atoms with van der Waals surface area (Å²) in [7, 11) is 0. The number of nitrogens with zero attached hydrogens (tertiary/aromatic N) is 3. The van der Waals surface area contributed by atoms with Gasteiger partial charge in [-0.3, -0.25) is 4.90 Å². The molecule has 0 aromatic carbocycles. The van der Waals surface area contributed by atoms with Crippen molar-refractivity contribution in [1.29, 1.82) is 0 Å². The van der Waals surface area contributed by atoms with Crippen LogP contribution in [0.4, 0.5) is 0 Å². The first-order chi connectivity index (χ1) is 10.0. The van der Waals surface area contributed by atoms with Crippen molar-refractivity contribution >= 4 is 0 Å². The van der Waals surface area contributed by atoms with Crippen molar-refractivity contribution in [3.8, 4) is 0 Å². The van der Waals surface area contributed by atoms with E-state index in [-0.39, 0.29) is 5.41 Å². The van der Waals surface area contributed by atoms with E-state index in [0.29, 0.717) is 0 Å². The summed E-state index contributed by atoms with van der Waals surface area (Å²) in [6.07, 6.45) is 9.79. The highest BCUT2D eigenvalue weighted by molar-refractivity contribution is 4.99. The minimum absolute atomic E-state index is 0.0565. The van der Waals surface area contributed by atoms with Crippen LogP contribution in [0.2, 0.25) is 0 Å². The van der Waals surface area contributed by atoms with Gasteiger partial charge in [0.05, 0.1) is 6.54 Å². The first-order valence-corrected chi connectivity index (χ1v) is 8.61. The Balaban J connectivity index is 1.64. The summed E-state index contributed by atoms with van der Waals surface area (Å²) in [5, 5.41) is 4.20. The molecule has 1 saturated carbocycles. The number of hydrogen-bond acceptors (Lipinski definition) is 4. The second-order valence-corrected chi connectivity index (χ2v) is 7.84. The smallest absolute Gasteiger partial charge is 0.232 e. The Morgan fingerprint density at radius 1 is 1.10 bits per heavy atom. The van der Waals surface area contributed by atoms with E-state index >= 15 is 0 Å². The summed E-state index contributed by atoms with van der Waals surface area (Å²) < 4.78 is 5.43. The predicted octanol–water partition coefficient (Wildman–Crippen LogP) is 3.91. The average molecular weight is 291 g/mol. The lowest BCUT2D eigenvalue weighted by Crippen LogP contribution is -2.36. The third-order valence-electron chi connectivity index (χ3n) is 5.06. The Morgan fingerprint density at radius 2 is 1.86 bits per heavy atom. The van der Waals surface area contributed by atoms with Crippen LogP contribution < -0.4 is 0 Å². The zero-order chi connectivity index (χ0) is 14.9. The standard InChI is InChI=1S/C17H29N3O/c1-17(2,3)16-18-15(19-21-16)12-20-11-7-10-14(20)13-8-5-4-6-9-13/h13-14H,4-12H2,1-3H3/t14-/m0/s1. The van der Waals surface area contributed by atoms with Gasteiger partial charge in [0, 0.05) is 11.5 Å². The molecule has 1 atom stereocenters. The van der Waals surface area contributed by atoms with Crippen LogP contribution in [0, 0.1) is 5.92 Å². The number of aromatic nitrogens is 2. The van der Waals surface area contributed by atoms with Gasteiger partial charge in [-0.05, 0) is 38.1 Å². The summed E-state index contributed by atoms with van der Waals surface area (Å²) in [6, 6.07) is 0.752. The molecule has 4 nitrogen and oxygen atoms in total. The van der Waals surface area contributed by atoms with Crippen LogP contribution >= 0.6 is 0 Å². The van der Waals surface area contributed by atoms with E-state index in [4.69, 9.17) is 4.52 Å². The largest absolute Gasteiger partial charge is 0.339 e. The molecule has 2 fully saturated rings. The molecule has 21 heavy (non-hydrogen) atoms. The number of likely N-dealkylation sites (tertiary alicyclic amines) is 1. The molecule has 2 aliphatic rings. The predicted molar refractivity (Wildman–Crippen MR) is 83.0 cm³/mol. The summed E-state index contributed by atoms with van der Waals surface area (Å²) >= 11 is 0. The van der Waals surface area contributed by atoms with Crippen molar-refractivity contribution < 1.29 is 4.52 Å². The van der Waals surface area contributed by atoms with Crippen molar-refractivity contribution in [1.82, 2.24) is 15.0 Å². The highest BCUT2D eigenvalue weighted by Crippen LogP contribution is 2.34. The first-order valence-electron chi connectivity index (χ1n) is 8.61. The molecule has 1 saturated heterocycles. The Labute approximate surface area is 128 Å². The van der Waals surface area contributed by atoms with Crippen molar-refractivity contribution in [2.24, 2.45) is 5.92 Å². The second-order valence-electron chi connectivity index (χ2n) is 7.84. The molecule has 1 aromatic rings. The van der Waals surface area contributed by atoms with E-state index in [2.05, 4.69) is 35.8 Å². The molecule has 0 radical (unpaired) electrons. The summed E-state index contributed by atoms with van der Waals surface area (Å²) in [4.78, 5) is 7.21. The lowest BCUT2D eigenvalue weighted by Gasteiger charge is -2.33. The Hall–Kier alpha value is -0.900. The van der Waals surface area contributed by atoms with Gasteiger partial charge < -0.3 is 4.52 Å². The molecule has 0 amide bonds. The first kappa shape index (κ1) is 15.0. The molecule has 0 spiro atoms. The van der Waals surface area contributed by atoms with E-state index in [1.807, 2.05) is 0 Å². The molecule has 0 N–H and O–H groups in total. The molecule has 1 aliphatic carbocycles. The molecular formula is C17H29N3O. The van der Waals surface area contributed by atoms with Crippen LogP contribution in [-0.4, -0.2) is 27.6 Å². The summed E-state index contributed by atoms with van der Waals surface area (Å²) in [5.74, 6) is 2.52. The van der Waals surface area contributed by atoms with Crippen molar-refractivity contribution in [3.05, 3.63) is 11.7 Å². The zero-order valence-electron chi connectivity index (χ0n) is 13.8. The molecule has 3 rings (SSSR count). The van der Waals surface area contributed by atoms with Gasteiger partial charge in [-0.25, -0.2) is 0 Å². The van der Waals surface area contributed by atoms with Crippen LogP contribution in [0.15, 0.2) is 4.52 Å². The quantitative estimate of drug-likeness (QED) is 0.846. The maximum Gasteiger partial charge on any atom is 0.232 e. The fourth-order valence-electron chi connectivity index (χ4n) is 3.91. The minimum Gasteiger partial charge on any atom is -0.339 e. The highest BCUT2D eigenvalue weighted by atomic mass is 16.5. The van der Waals surface area contributed by atoms with Gasteiger partial charge in [-0.1, -0.05) is 45.2 Å². The van der Waals surface area contributed by atoms with Gasteiger partial charge in [-0.15, -0.1) is 0 Å². The van der Waals surface area contributed by atoms with E-state index in [1.165, 1.54) is 51.5 Å². The number of hydrogen-bond donors (Lipinski definition) is 0. The maximum atomic E-state index is 5.43. The second kappa shape index (κ2) is 6.07. The van der Waals surface area contributed by atoms with Gasteiger partial charge in [0.1, 0.15) is 0 Å². The third-order valence-corrected chi connectivity index (χ3v) is 5.06. The Bertz CT molecular complexity index is 457. The molecular weight excluding hydrogens is 262 g/mol. The van der Waals surface area contributed by atoms with Gasteiger partial charge in [0.25, 0.3) is 0 Å². The van der Waals surface area contributed by atoms with Crippen LogP contribution in [0.1, 0.15) is 77.4 Å². The normalized spacial score (nSPS) is 25.6. The van der Waals surface area contributed by atoms with Gasteiger partial charge in [0.2, 0.25) is 5.89 Å². The van der Waals surface area contributed by atoms with E-state index < -0.39 is 0 Å². The average Bonchev–Trinajstić information content (AvgIpc) is 3.09. The fourth-order valence-corrected chi connectivity index (χ4v) is 3.91. The maximum absolute atomic E-state index is 5.43. The SMILES string of the molecule is CC(C)(C)c1nc(CN2CCC[C@H]2C2CCCCC2)no1. The Morgan fingerprint density at radius 3 is 2.52 bits per heavy atom. The van der Waals surface area contributed by atoms with Crippen molar-refractivity contribution in [2.75, 3.05) is 6.54 Å². The van der Waals surface area contributed by atoms with Crippen LogP contribution in [-0.2, 0) is 12.0 Å². The Kier molecular flexibility index (Phi) is 4.34. The van der Waals surface area contributed by atoms with Gasteiger partial charge in [0.15, 0.2) is 5.82 Å². The third kappa shape index (κ3) is 3.47. The molecule has 0 unspecified atom stereocenters. The molecule has 1 aromatic heterocycles. The summed E-state index contributed by atoms with van der Waals surface area (Å²) in [6.45, 7) is 8.41. The van der Waals surface area contributed by atoms with Crippen LogP contribution in [0.25, 0.3) is 0 Å². The van der Waals surface area contributed by atoms with Crippen LogP contribution in [0.5, 0.6) is 0 Å². The lowest BCUT2D eigenvalue weighted by molar-refractivity contribution is 0.147. The summed E-state index contributed by atoms with van der Waals surface area (Å²) in [5.41, 5.74) is -0.0565. The lowest BCUT2D eigenvalue weighted by atomic mass is 9.83. The molecule has 1 aliphatic heterocycles. The number of rotatable bonds is 3. The van der Waals surface area contributed by atoms with Gasteiger partial charge >= 0.3 is 0 Å². The highest BCUT2D eigenvalue weighted by Gasteiger charge is 2.33. The fraction of sp³-hybridized carbons (Fsp3) is 0.882. The molecule has 2 heterocycles. The van der Waals surface area contributed by atoms with E-state index in [0.717, 1.165) is 30.2 Å². The topological polar surface area (TPSA) is 42.2 Å². The van der Waals surface area contributed by atoms with E-state index in [1.54, 1.807) is 0 Å². The van der Waals surface area contributed by atoms with E-state index in [9.17, 15) is 0 Å². The molecule has 4 heteroatoms. The monoisotopic (exact) mass is 291 g/mol. The van der Waals surface area contributed by atoms with Crippen molar-refractivity contribution in [2.45, 2.75) is 83.7 Å².